The van der Waals surface area contributed by atoms with Gasteiger partial charge in [-0.3, -0.25) is 10.1 Å². The summed E-state index contributed by atoms with van der Waals surface area (Å²) in [7, 11) is 0. The van der Waals surface area contributed by atoms with Gasteiger partial charge in [0.15, 0.2) is 5.82 Å². The van der Waals surface area contributed by atoms with Crippen LogP contribution in [-0.2, 0) is 0 Å². The first kappa shape index (κ1) is 10.7. The zero-order valence-electron chi connectivity index (χ0n) is 8.65. The standard InChI is InChI=1S/C10H12FN3O2/c11-7-5-10(14(15)16)8(12)6-9(7)13-3-1-2-4-13/h5-6H,1-4,12H2. The monoisotopic (exact) mass is 225 g/mol. The van der Waals surface area contributed by atoms with E-state index in [0.717, 1.165) is 32.0 Å². The van der Waals surface area contributed by atoms with Crippen molar-refractivity contribution < 1.29 is 9.31 Å². The van der Waals surface area contributed by atoms with Crippen LogP contribution >= 0.6 is 0 Å². The summed E-state index contributed by atoms with van der Waals surface area (Å²) in [6.45, 7) is 1.54. The normalized spacial score (nSPS) is 15.4. The Balaban J connectivity index is 2.40. The SMILES string of the molecule is Nc1cc(N2CCCC2)c(F)cc1[N+](=O)[O-]. The van der Waals surface area contributed by atoms with Gasteiger partial charge in [-0.05, 0) is 18.9 Å². The highest BCUT2D eigenvalue weighted by Crippen LogP contribution is 2.31. The van der Waals surface area contributed by atoms with Crippen LogP contribution in [0.4, 0.5) is 21.5 Å². The second-order valence-corrected chi connectivity index (χ2v) is 3.81. The molecule has 0 bridgehead atoms. The average Bonchev–Trinajstić information content (AvgIpc) is 2.73. The second-order valence-electron chi connectivity index (χ2n) is 3.81. The number of hydrogen-bond donors (Lipinski definition) is 1. The average molecular weight is 225 g/mol. The Labute approximate surface area is 91.8 Å². The van der Waals surface area contributed by atoms with Crippen LogP contribution in [0.25, 0.3) is 0 Å². The van der Waals surface area contributed by atoms with E-state index in [1.54, 1.807) is 0 Å². The van der Waals surface area contributed by atoms with Gasteiger partial charge in [-0.1, -0.05) is 0 Å². The lowest BCUT2D eigenvalue weighted by Gasteiger charge is -2.18. The maximum absolute atomic E-state index is 13.6. The van der Waals surface area contributed by atoms with E-state index in [0.29, 0.717) is 5.69 Å². The minimum atomic E-state index is -0.674. The zero-order chi connectivity index (χ0) is 11.7. The summed E-state index contributed by atoms with van der Waals surface area (Å²) in [6.07, 6.45) is 2.02. The lowest BCUT2D eigenvalue weighted by Crippen LogP contribution is -2.19. The van der Waals surface area contributed by atoms with Crippen LogP contribution in [0.2, 0.25) is 0 Å². The molecule has 5 nitrogen and oxygen atoms in total. The number of hydrogen-bond acceptors (Lipinski definition) is 4. The molecule has 0 spiro atoms. The van der Waals surface area contributed by atoms with Crippen LogP contribution in [0.1, 0.15) is 12.8 Å². The van der Waals surface area contributed by atoms with Crippen LogP contribution in [0.5, 0.6) is 0 Å². The molecular weight excluding hydrogens is 213 g/mol. The molecule has 1 saturated heterocycles. The van der Waals surface area contributed by atoms with Crippen LogP contribution in [0, 0.1) is 15.9 Å². The summed E-state index contributed by atoms with van der Waals surface area (Å²) in [5.74, 6) is -0.581. The van der Waals surface area contributed by atoms with Crippen molar-refractivity contribution in [2.24, 2.45) is 0 Å². The van der Waals surface area contributed by atoms with E-state index in [-0.39, 0.29) is 11.4 Å². The maximum atomic E-state index is 13.6. The third kappa shape index (κ3) is 1.78. The van der Waals surface area contributed by atoms with E-state index in [9.17, 15) is 14.5 Å². The third-order valence-electron chi connectivity index (χ3n) is 2.74. The fourth-order valence-corrected chi connectivity index (χ4v) is 1.93. The number of nitro benzene ring substituents is 1. The molecule has 0 saturated carbocycles. The van der Waals surface area contributed by atoms with Crippen molar-refractivity contribution in [3.05, 3.63) is 28.1 Å². The molecule has 1 aromatic carbocycles. The van der Waals surface area contributed by atoms with Gasteiger partial charge in [0.1, 0.15) is 5.69 Å². The Bertz CT molecular complexity index is 430. The van der Waals surface area contributed by atoms with Gasteiger partial charge in [-0.15, -0.1) is 0 Å². The molecule has 2 rings (SSSR count). The summed E-state index contributed by atoms with van der Waals surface area (Å²) >= 11 is 0. The van der Waals surface area contributed by atoms with Gasteiger partial charge in [-0.25, -0.2) is 4.39 Å². The van der Waals surface area contributed by atoms with Crippen LogP contribution in [0.15, 0.2) is 12.1 Å². The Morgan fingerprint density at radius 1 is 1.38 bits per heavy atom. The highest BCUT2D eigenvalue weighted by atomic mass is 19.1. The van der Waals surface area contributed by atoms with Crippen molar-refractivity contribution in [2.45, 2.75) is 12.8 Å². The lowest BCUT2D eigenvalue weighted by atomic mass is 10.2. The molecule has 0 radical (unpaired) electrons. The molecule has 1 aliphatic heterocycles. The number of nitro groups is 1. The molecular formula is C10H12FN3O2. The number of halogens is 1. The van der Waals surface area contributed by atoms with Gasteiger partial charge in [0.2, 0.25) is 0 Å². The van der Waals surface area contributed by atoms with Gasteiger partial charge < -0.3 is 10.6 Å². The molecule has 0 aromatic heterocycles. The molecule has 2 N–H and O–H groups in total. The molecule has 0 aliphatic carbocycles. The summed E-state index contributed by atoms with van der Waals surface area (Å²) in [5.41, 5.74) is 5.52. The number of rotatable bonds is 2. The molecule has 0 atom stereocenters. The first-order chi connectivity index (χ1) is 7.59. The van der Waals surface area contributed by atoms with Gasteiger partial charge in [0.05, 0.1) is 16.7 Å². The summed E-state index contributed by atoms with van der Waals surface area (Å²) in [6, 6.07) is 2.24. The van der Waals surface area contributed by atoms with E-state index in [2.05, 4.69) is 0 Å². The summed E-state index contributed by atoms with van der Waals surface area (Å²) in [5, 5.41) is 10.6. The third-order valence-corrected chi connectivity index (χ3v) is 2.74. The Hall–Kier alpha value is -1.85. The zero-order valence-corrected chi connectivity index (χ0v) is 8.65. The smallest absolute Gasteiger partial charge is 0.295 e. The van der Waals surface area contributed by atoms with Crippen molar-refractivity contribution in [1.82, 2.24) is 0 Å². The fraction of sp³-hybridized carbons (Fsp3) is 0.400. The summed E-state index contributed by atoms with van der Waals surface area (Å²) in [4.78, 5) is 11.7. The van der Waals surface area contributed by atoms with E-state index < -0.39 is 10.7 Å². The largest absolute Gasteiger partial charge is 0.393 e. The van der Waals surface area contributed by atoms with Crippen molar-refractivity contribution in [3.63, 3.8) is 0 Å². The Morgan fingerprint density at radius 3 is 2.56 bits per heavy atom. The van der Waals surface area contributed by atoms with Crippen LogP contribution < -0.4 is 10.6 Å². The number of anilines is 2. The minimum Gasteiger partial charge on any atom is -0.393 e. The maximum Gasteiger partial charge on any atom is 0.295 e. The van der Waals surface area contributed by atoms with Crippen molar-refractivity contribution >= 4 is 17.1 Å². The predicted molar refractivity (Wildman–Crippen MR) is 58.9 cm³/mol. The Kier molecular flexibility index (Phi) is 2.64. The summed E-state index contributed by atoms with van der Waals surface area (Å²) < 4.78 is 13.6. The number of benzene rings is 1. The first-order valence-electron chi connectivity index (χ1n) is 5.08. The van der Waals surface area contributed by atoms with Gasteiger partial charge in [0.25, 0.3) is 5.69 Å². The van der Waals surface area contributed by atoms with Crippen LogP contribution in [-0.4, -0.2) is 18.0 Å². The molecule has 1 aromatic rings. The molecule has 1 aliphatic rings. The topological polar surface area (TPSA) is 72.4 Å². The Morgan fingerprint density at radius 2 is 2.00 bits per heavy atom. The van der Waals surface area contributed by atoms with E-state index in [1.165, 1.54) is 6.07 Å². The quantitative estimate of drug-likeness (QED) is 0.474. The number of nitrogens with zero attached hydrogens (tertiary/aromatic N) is 2. The number of nitrogens with two attached hydrogens (primary N) is 1. The second kappa shape index (κ2) is 3.96. The molecule has 1 heterocycles. The highest BCUT2D eigenvalue weighted by molar-refractivity contribution is 5.67. The minimum absolute atomic E-state index is 0.00769. The van der Waals surface area contributed by atoms with E-state index in [1.807, 2.05) is 4.90 Å². The van der Waals surface area contributed by atoms with Gasteiger partial charge >= 0.3 is 0 Å². The van der Waals surface area contributed by atoms with Crippen molar-refractivity contribution in [1.29, 1.82) is 0 Å². The molecule has 6 heteroatoms. The van der Waals surface area contributed by atoms with Crippen LogP contribution in [0.3, 0.4) is 0 Å². The number of nitrogen functional groups attached to an aromatic ring is 1. The highest BCUT2D eigenvalue weighted by Gasteiger charge is 2.21. The fourth-order valence-electron chi connectivity index (χ4n) is 1.93. The van der Waals surface area contributed by atoms with E-state index >= 15 is 0 Å². The molecule has 16 heavy (non-hydrogen) atoms. The van der Waals surface area contributed by atoms with Crippen molar-refractivity contribution in [3.8, 4) is 0 Å². The molecule has 0 amide bonds. The molecule has 0 unspecified atom stereocenters. The predicted octanol–water partition coefficient (Wildman–Crippen LogP) is 1.92. The van der Waals surface area contributed by atoms with E-state index in [4.69, 9.17) is 5.73 Å². The molecule has 1 fully saturated rings. The molecule has 86 valence electrons. The van der Waals surface area contributed by atoms with Gasteiger partial charge in [-0.2, -0.15) is 0 Å². The first-order valence-corrected chi connectivity index (χ1v) is 5.08. The lowest BCUT2D eigenvalue weighted by molar-refractivity contribution is -0.384. The van der Waals surface area contributed by atoms with Gasteiger partial charge in [0, 0.05) is 13.1 Å². The van der Waals surface area contributed by atoms with Crippen molar-refractivity contribution in [2.75, 3.05) is 23.7 Å².